The van der Waals surface area contributed by atoms with Crippen molar-refractivity contribution in [3.05, 3.63) is 59.4 Å². The van der Waals surface area contributed by atoms with Gasteiger partial charge >= 0.3 is 6.18 Å². The average molecular weight is 321 g/mol. The number of aromatic nitrogens is 1. The number of ketones is 1. The van der Waals surface area contributed by atoms with Gasteiger partial charge in [-0.05, 0) is 6.07 Å². The van der Waals surface area contributed by atoms with Crippen LogP contribution in [0.15, 0.2) is 47.6 Å². The molecular formula is C16H14F3N3O. The van der Waals surface area contributed by atoms with E-state index in [4.69, 9.17) is 0 Å². The van der Waals surface area contributed by atoms with Gasteiger partial charge in [-0.2, -0.15) is 13.2 Å². The maximum absolute atomic E-state index is 13.2. The summed E-state index contributed by atoms with van der Waals surface area (Å²) in [6.07, 6.45) is -2.42. The number of nitrogens with zero attached hydrogens (tertiary/aromatic N) is 3. The molecule has 0 spiro atoms. The molecule has 2 aromatic rings. The first-order chi connectivity index (χ1) is 10.8. The summed E-state index contributed by atoms with van der Waals surface area (Å²) < 4.78 is 39.7. The van der Waals surface area contributed by atoms with E-state index in [9.17, 15) is 18.0 Å². The average Bonchev–Trinajstić information content (AvgIpc) is 2.51. The highest BCUT2D eigenvalue weighted by Gasteiger charge is 2.38. The Kier molecular flexibility index (Phi) is 4.78. The predicted octanol–water partition coefficient (Wildman–Crippen LogP) is 3.55. The molecule has 0 saturated carbocycles. The lowest BCUT2D eigenvalue weighted by Crippen LogP contribution is -2.16. The van der Waals surface area contributed by atoms with Gasteiger partial charge in [-0.25, -0.2) is 4.99 Å². The minimum atomic E-state index is -4.75. The van der Waals surface area contributed by atoms with Gasteiger partial charge in [0.1, 0.15) is 0 Å². The van der Waals surface area contributed by atoms with Crippen LogP contribution in [0.5, 0.6) is 0 Å². The Balaban J connectivity index is 2.64. The summed E-state index contributed by atoms with van der Waals surface area (Å²) in [5.74, 6) is -0.767. The van der Waals surface area contributed by atoms with Crippen molar-refractivity contribution in [2.45, 2.75) is 6.18 Å². The standard InChI is InChI=1S/C16H14F3N3O/c1-22(2)10-21-12-8-9-20-15(16(17,18)19)13(12)14(23)11-6-4-3-5-7-11/h3-10H,1-2H3. The number of alkyl halides is 3. The van der Waals surface area contributed by atoms with Crippen LogP contribution < -0.4 is 0 Å². The highest BCUT2D eigenvalue weighted by Crippen LogP contribution is 2.35. The largest absolute Gasteiger partial charge is 0.434 e. The topological polar surface area (TPSA) is 45.6 Å². The molecule has 23 heavy (non-hydrogen) atoms. The van der Waals surface area contributed by atoms with Gasteiger partial charge in [0, 0.05) is 25.9 Å². The van der Waals surface area contributed by atoms with Gasteiger partial charge in [-0.15, -0.1) is 0 Å². The van der Waals surface area contributed by atoms with Crippen LogP contribution in [0.4, 0.5) is 18.9 Å². The molecular weight excluding hydrogens is 307 g/mol. The van der Waals surface area contributed by atoms with Gasteiger partial charge in [0.2, 0.25) is 0 Å². The Morgan fingerprint density at radius 3 is 2.39 bits per heavy atom. The Bertz CT molecular complexity index is 725. The van der Waals surface area contributed by atoms with Crippen LogP contribution in [0.2, 0.25) is 0 Å². The van der Waals surface area contributed by atoms with E-state index in [1.807, 2.05) is 0 Å². The van der Waals surface area contributed by atoms with E-state index in [0.717, 1.165) is 6.20 Å². The van der Waals surface area contributed by atoms with Crippen LogP contribution in [0, 0.1) is 0 Å². The van der Waals surface area contributed by atoms with Gasteiger partial charge in [0.15, 0.2) is 11.5 Å². The van der Waals surface area contributed by atoms with Crippen LogP contribution in [0.25, 0.3) is 0 Å². The molecule has 1 aromatic carbocycles. The lowest BCUT2D eigenvalue weighted by atomic mass is 10.00. The number of benzene rings is 1. The van der Waals surface area contributed by atoms with Crippen molar-refractivity contribution in [2.75, 3.05) is 14.1 Å². The summed E-state index contributed by atoms with van der Waals surface area (Å²) in [6, 6.07) is 9.03. The summed E-state index contributed by atoms with van der Waals surface area (Å²) in [7, 11) is 3.35. The van der Waals surface area contributed by atoms with Gasteiger partial charge in [0.05, 0.1) is 17.6 Å². The molecule has 0 bridgehead atoms. The van der Waals surface area contributed by atoms with Gasteiger partial charge in [0.25, 0.3) is 0 Å². The summed E-state index contributed by atoms with van der Waals surface area (Å²) >= 11 is 0. The third-order valence-corrected chi connectivity index (χ3v) is 2.89. The molecule has 1 aromatic heterocycles. The monoisotopic (exact) mass is 321 g/mol. The summed E-state index contributed by atoms with van der Waals surface area (Å²) in [5.41, 5.74) is -1.72. The van der Waals surface area contributed by atoms with Crippen molar-refractivity contribution >= 4 is 17.8 Å². The first-order valence-corrected chi connectivity index (χ1v) is 6.67. The molecule has 0 aliphatic carbocycles. The number of pyridine rings is 1. The molecule has 0 unspecified atom stereocenters. The molecule has 0 aliphatic heterocycles. The minimum absolute atomic E-state index is 0.0742. The Morgan fingerprint density at radius 2 is 1.83 bits per heavy atom. The third-order valence-electron chi connectivity index (χ3n) is 2.89. The number of halogens is 3. The van der Waals surface area contributed by atoms with E-state index in [-0.39, 0.29) is 11.3 Å². The van der Waals surface area contributed by atoms with E-state index < -0.39 is 23.2 Å². The van der Waals surface area contributed by atoms with Crippen molar-refractivity contribution in [2.24, 2.45) is 4.99 Å². The predicted molar refractivity (Wildman–Crippen MR) is 81.0 cm³/mol. The SMILES string of the molecule is CN(C)C=Nc1ccnc(C(F)(F)F)c1C(=O)c1ccccc1. The van der Waals surface area contributed by atoms with Crippen LogP contribution >= 0.6 is 0 Å². The molecule has 0 aliphatic rings. The fourth-order valence-electron chi connectivity index (χ4n) is 1.91. The van der Waals surface area contributed by atoms with Gasteiger partial charge < -0.3 is 4.90 Å². The number of hydrogen-bond acceptors (Lipinski definition) is 3. The molecule has 0 N–H and O–H groups in total. The fraction of sp³-hybridized carbons (Fsp3) is 0.188. The fourth-order valence-corrected chi connectivity index (χ4v) is 1.91. The highest BCUT2D eigenvalue weighted by molar-refractivity contribution is 6.13. The molecule has 7 heteroatoms. The second-order valence-electron chi connectivity index (χ2n) is 4.95. The molecule has 0 radical (unpaired) electrons. The number of hydrogen-bond donors (Lipinski definition) is 0. The van der Waals surface area contributed by atoms with E-state index in [1.54, 1.807) is 37.2 Å². The molecule has 0 atom stereocenters. The first-order valence-electron chi connectivity index (χ1n) is 6.67. The zero-order valence-corrected chi connectivity index (χ0v) is 12.5. The van der Waals surface area contributed by atoms with Crippen LogP contribution in [0.1, 0.15) is 21.6 Å². The maximum Gasteiger partial charge on any atom is 0.434 e. The van der Waals surface area contributed by atoms with E-state index in [1.165, 1.54) is 24.5 Å². The first kappa shape index (κ1) is 16.7. The molecule has 4 nitrogen and oxygen atoms in total. The van der Waals surface area contributed by atoms with Crippen molar-refractivity contribution in [3.63, 3.8) is 0 Å². The maximum atomic E-state index is 13.2. The number of aliphatic imine (C=N–C) groups is 1. The zero-order chi connectivity index (χ0) is 17.0. The van der Waals surface area contributed by atoms with Crippen molar-refractivity contribution in [1.82, 2.24) is 9.88 Å². The van der Waals surface area contributed by atoms with E-state index in [2.05, 4.69) is 9.98 Å². The quantitative estimate of drug-likeness (QED) is 0.491. The smallest absolute Gasteiger partial charge is 0.369 e. The van der Waals surface area contributed by atoms with Gasteiger partial charge in [-0.3, -0.25) is 9.78 Å². The zero-order valence-electron chi connectivity index (χ0n) is 12.5. The third kappa shape index (κ3) is 3.94. The number of carbonyl (C=O) groups is 1. The van der Waals surface area contributed by atoms with Crippen molar-refractivity contribution in [3.8, 4) is 0 Å². The van der Waals surface area contributed by atoms with Crippen molar-refractivity contribution < 1.29 is 18.0 Å². The van der Waals surface area contributed by atoms with Crippen LogP contribution in [0.3, 0.4) is 0 Å². The van der Waals surface area contributed by atoms with E-state index >= 15 is 0 Å². The highest BCUT2D eigenvalue weighted by atomic mass is 19.4. The Hall–Kier alpha value is -2.70. The van der Waals surface area contributed by atoms with Crippen molar-refractivity contribution in [1.29, 1.82) is 0 Å². The second kappa shape index (κ2) is 6.60. The van der Waals surface area contributed by atoms with E-state index in [0.29, 0.717) is 0 Å². The molecule has 0 fully saturated rings. The number of rotatable bonds is 4. The Morgan fingerprint density at radius 1 is 1.17 bits per heavy atom. The lowest BCUT2D eigenvalue weighted by molar-refractivity contribution is -0.141. The van der Waals surface area contributed by atoms with Crippen LogP contribution in [-0.4, -0.2) is 36.1 Å². The van der Waals surface area contributed by atoms with Crippen LogP contribution in [-0.2, 0) is 6.18 Å². The number of carbonyl (C=O) groups excluding carboxylic acids is 1. The second-order valence-corrected chi connectivity index (χ2v) is 4.95. The summed E-state index contributed by atoms with van der Waals surface area (Å²) in [4.78, 5) is 21.4. The molecule has 0 saturated heterocycles. The minimum Gasteiger partial charge on any atom is -0.369 e. The normalized spacial score (nSPS) is 11.7. The summed E-state index contributed by atoms with van der Waals surface area (Å²) in [5, 5.41) is 0. The lowest BCUT2D eigenvalue weighted by Gasteiger charge is -2.13. The molecule has 120 valence electrons. The Labute approximate surface area is 131 Å². The molecule has 0 amide bonds. The van der Waals surface area contributed by atoms with Gasteiger partial charge in [-0.1, -0.05) is 30.3 Å². The molecule has 2 rings (SSSR count). The molecule has 1 heterocycles. The summed E-state index contributed by atoms with van der Waals surface area (Å²) in [6.45, 7) is 0.